The van der Waals surface area contributed by atoms with Crippen LogP contribution < -0.4 is 5.73 Å². The molecular weight excluding hydrogens is 597 g/mol. The van der Waals surface area contributed by atoms with Crippen molar-refractivity contribution in [2.75, 3.05) is 46.7 Å². The summed E-state index contributed by atoms with van der Waals surface area (Å²) >= 11 is 0. The van der Waals surface area contributed by atoms with Gasteiger partial charge in [0, 0.05) is 13.5 Å². The summed E-state index contributed by atoms with van der Waals surface area (Å²) in [4.78, 5) is 36.3. The Kier molecular flexibility index (Phi) is 20.3. The normalized spacial score (nSPS) is 12.3. The second kappa shape index (κ2) is 23.1. The van der Waals surface area contributed by atoms with Gasteiger partial charge in [-0.1, -0.05) is 57.0 Å². The average molecular weight is 646 g/mol. The van der Waals surface area contributed by atoms with Crippen LogP contribution in [-0.4, -0.2) is 87.0 Å². The van der Waals surface area contributed by atoms with Crippen molar-refractivity contribution in [2.45, 2.75) is 77.7 Å². The van der Waals surface area contributed by atoms with Crippen molar-refractivity contribution in [1.29, 1.82) is 0 Å². The molecule has 1 unspecified atom stereocenters. The van der Waals surface area contributed by atoms with E-state index >= 15 is 0 Å². The number of carboxylic acid groups (broad SMARTS) is 1. The van der Waals surface area contributed by atoms with E-state index in [0.29, 0.717) is 25.7 Å². The maximum atomic E-state index is 13.6. The number of carboxylic acids is 1. The fourth-order valence-corrected chi connectivity index (χ4v) is 4.74. The Labute approximate surface area is 259 Å². The van der Waals surface area contributed by atoms with Crippen LogP contribution in [0.15, 0.2) is 35.1 Å². The van der Waals surface area contributed by atoms with Crippen LogP contribution in [0.25, 0.3) is 0 Å². The van der Waals surface area contributed by atoms with Crippen molar-refractivity contribution in [1.82, 2.24) is 4.90 Å². The van der Waals surface area contributed by atoms with Crippen molar-refractivity contribution in [3.8, 4) is 0 Å². The molecule has 0 spiro atoms. The van der Waals surface area contributed by atoms with Crippen LogP contribution in [0.4, 0.5) is 9.59 Å². The van der Waals surface area contributed by atoms with E-state index in [4.69, 9.17) is 33.7 Å². The third-order valence-corrected chi connectivity index (χ3v) is 7.54. The highest BCUT2D eigenvalue weighted by molar-refractivity contribution is 7.52. The molecule has 0 amide bonds. The van der Waals surface area contributed by atoms with Crippen LogP contribution >= 0.6 is 7.75 Å². The summed E-state index contributed by atoms with van der Waals surface area (Å²) in [5.74, 6) is -1.49. The SMILES string of the molecule is CCCCOC(=O)OCCCCOP(=O)(N=C(N)N(C)C(Cc1ccccc1)C(=O)O)OCCCCOC(=O)OCCCC. The van der Waals surface area contributed by atoms with Gasteiger partial charge in [-0.25, -0.2) is 18.9 Å². The molecule has 1 rings (SSSR count). The summed E-state index contributed by atoms with van der Waals surface area (Å²) in [6, 6.07) is 7.89. The number of hydrogen-bond acceptors (Lipinski definition) is 10. The van der Waals surface area contributed by atoms with Crippen molar-refractivity contribution in [3.05, 3.63) is 35.9 Å². The quantitative estimate of drug-likeness (QED) is 0.0497. The van der Waals surface area contributed by atoms with Gasteiger partial charge in [-0.05, 0) is 44.1 Å². The van der Waals surface area contributed by atoms with E-state index in [0.717, 1.165) is 31.2 Å². The Hall–Kier alpha value is -3.35. The molecule has 0 bridgehead atoms. The first-order chi connectivity index (χ1) is 21.1. The number of aliphatic carboxylic acids is 1. The Morgan fingerprint density at radius 2 is 1.23 bits per heavy atom. The van der Waals surface area contributed by atoms with Gasteiger partial charge in [-0.3, -0.25) is 9.05 Å². The van der Waals surface area contributed by atoms with Gasteiger partial charge in [0.25, 0.3) is 0 Å². The number of ether oxygens (including phenoxy) is 4. The molecule has 250 valence electrons. The Morgan fingerprint density at radius 3 is 1.66 bits per heavy atom. The lowest BCUT2D eigenvalue weighted by atomic mass is 10.1. The highest BCUT2D eigenvalue weighted by Gasteiger charge is 2.29. The van der Waals surface area contributed by atoms with Gasteiger partial charge in [0.05, 0.1) is 39.6 Å². The third kappa shape index (κ3) is 17.7. The second-order valence-corrected chi connectivity index (χ2v) is 11.4. The number of guanidine groups is 1. The molecule has 1 atom stereocenters. The van der Waals surface area contributed by atoms with Crippen LogP contribution in [0.3, 0.4) is 0 Å². The second-order valence-electron chi connectivity index (χ2n) is 9.76. The van der Waals surface area contributed by atoms with Gasteiger partial charge in [0.2, 0.25) is 5.96 Å². The van der Waals surface area contributed by atoms with Gasteiger partial charge in [0.15, 0.2) is 0 Å². The molecule has 44 heavy (non-hydrogen) atoms. The van der Waals surface area contributed by atoms with E-state index in [9.17, 15) is 24.1 Å². The zero-order valence-corrected chi connectivity index (χ0v) is 26.9. The van der Waals surface area contributed by atoms with Crippen LogP contribution in [0.2, 0.25) is 0 Å². The fraction of sp³-hybridized carbons (Fsp3) is 0.655. The van der Waals surface area contributed by atoms with E-state index in [1.807, 2.05) is 19.9 Å². The summed E-state index contributed by atoms with van der Waals surface area (Å²) in [5.41, 5.74) is 6.87. The maximum absolute atomic E-state index is 13.6. The van der Waals surface area contributed by atoms with E-state index in [-0.39, 0.29) is 52.0 Å². The first-order valence-electron chi connectivity index (χ1n) is 14.9. The minimum absolute atomic E-state index is 0.0644. The first kappa shape index (κ1) is 38.7. The molecule has 1 aromatic carbocycles. The highest BCUT2D eigenvalue weighted by atomic mass is 31.2. The number of likely N-dealkylation sites (N-methyl/N-ethyl adjacent to an activating group) is 1. The first-order valence-corrected chi connectivity index (χ1v) is 16.4. The average Bonchev–Trinajstić information content (AvgIpc) is 2.99. The van der Waals surface area contributed by atoms with Gasteiger partial charge in [-0.2, -0.15) is 0 Å². The Bertz CT molecular complexity index is 1000. The summed E-state index contributed by atoms with van der Waals surface area (Å²) in [6.45, 7) is 4.56. The van der Waals surface area contributed by atoms with E-state index < -0.39 is 32.1 Å². The molecule has 14 nitrogen and oxygen atoms in total. The standard InChI is InChI=1S/C29H48N3O11P/c1-4-6-17-38-28(35)40-19-11-13-21-42-44(37,43-22-14-12-20-41-29(36)39-18-7-5-2)31-27(30)32(3)25(26(33)34)23-24-15-9-8-10-16-24/h8-10,15-16,25H,4-7,11-14,17-23H2,1-3H3,(H,33,34)(H2,30,31,37). The largest absolute Gasteiger partial charge is 0.508 e. The lowest BCUT2D eigenvalue weighted by Crippen LogP contribution is -2.47. The molecule has 0 radical (unpaired) electrons. The van der Waals surface area contributed by atoms with Crippen LogP contribution in [-0.2, 0) is 43.8 Å². The van der Waals surface area contributed by atoms with Gasteiger partial charge >= 0.3 is 26.0 Å². The number of unbranched alkanes of at least 4 members (excludes halogenated alkanes) is 4. The fourth-order valence-electron chi connectivity index (χ4n) is 3.44. The highest BCUT2D eigenvalue weighted by Crippen LogP contribution is 2.50. The molecule has 0 aliphatic carbocycles. The van der Waals surface area contributed by atoms with Crippen molar-refractivity contribution in [2.24, 2.45) is 10.5 Å². The topological polar surface area (TPSA) is 186 Å². The molecule has 1 aromatic rings. The molecule has 3 N–H and O–H groups in total. The predicted octanol–water partition coefficient (Wildman–Crippen LogP) is 5.54. The van der Waals surface area contributed by atoms with Crippen LogP contribution in [0, 0.1) is 0 Å². The number of benzene rings is 1. The molecule has 0 aromatic heterocycles. The molecule has 0 saturated heterocycles. The molecule has 0 fully saturated rings. The van der Waals surface area contributed by atoms with E-state index in [1.165, 1.54) is 11.9 Å². The van der Waals surface area contributed by atoms with E-state index in [2.05, 4.69) is 4.76 Å². The van der Waals surface area contributed by atoms with Crippen molar-refractivity contribution < 1.29 is 52.1 Å². The number of rotatable bonds is 23. The minimum Gasteiger partial charge on any atom is -0.480 e. The predicted molar refractivity (Wildman–Crippen MR) is 163 cm³/mol. The number of nitrogens with zero attached hydrogens (tertiary/aromatic N) is 2. The lowest BCUT2D eigenvalue weighted by molar-refractivity contribution is -0.141. The Balaban J connectivity index is 2.75. The summed E-state index contributed by atoms with van der Waals surface area (Å²) in [5, 5.41) is 9.83. The number of carbonyl (C=O) groups excluding carboxylic acids is 2. The lowest BCUT2D eigenvalue weighted by Gasteiger charge is -2.26. The van der Waals surface area contributed by atoms with Gasteiger partial charge < -0.3 is 34.7 Å². The van der Waals surface area contributed by atoms with Crippen molar-refractivity contribution >= 4 is 32.0 Å². The molecule has 0 saturated carbocycles. The molecule has 0 aliphatic heterocycles. The number of nitrogens with two attached hydrogens (primary N) is 1. The number of hydrogen-bond donors (Lipinski definition) is 2. The van der Waals surface area contributed by atoms with Gasteiger partial charge in [0.1, 0.15) is 6.04 Å². The molecule has 0 heterocycles. The van der Waals surface area contributed by atoms with E-state index in [1.54, 1.807) is 24.3 Å². The smallest absolute Gasteiger partial charge is 0.480 e. The zero-order valence-electron chi connectivity index (χ0n) is 26.0. The van der Waals surface area contributed by atoms with Crippen molar-refractivity contribution in [3.63, 3.8) is 0 Å². The van der Waals surface area contributed by atoms with Gasteiger partial charge in [-0.15, -0.1) is 4.76 Å². The monoisotopic (exact) mass is 645 g/mol. The summed E-state index contributed by atoms with van der Waals surface area (Å²) < 4.78 is 48.4. The minimum atomic E-state index is -4.19. The van der Waals surface area contributed by atoms with Crippen LogP contribution in [0.1, 0.15) is 70.8 Å². The number of carbonyl (C=O) groups is 3. The maximum Gasteiger partial charge on any atom is 0.508 e. The van der Waals surface area contributed by atoms with Crippen LogP contribution in [0.5, 0.6) is 0 Å². The molecule has 15 heteroatoms. The summed E-state index contributed by atoms with van der Waals surface area (Å²) in [6.07, 6.45) is 3.37. The Morgan fingerprint density at radius 1 is 0.795 bits per heavy atom. The third-order valence-electron chi connectivity index (χ3n) is 6.07. The molecular formula is C29H48N3O11P. The zero-order chi connectivity index (χ0) is 32.6. The molecule has 0 aliphatic rings. The summed E-state index contributed by atoms with van der Waals surface area (Å²) in [7, 11) is -2.76.